The zero-order chi connectivity index (χ0) is 15.3. The molecule has 1 aromatic carbocycles. The maximum absolute atomic E-state index is 11.4. The number of hydrogen-bond acceptors (Lipinski definition) is 4. The number of nitrogens with two attached hydrogens (primary N) is 1. The van der Waals surface area contributed by atoms with Crippen LogP contribution in [0.3, 0.4) is 0 Å². The maximum atomic E-state index is 11.4. The van der Waals surface area contributed by atoms with E-state index in [1.807, 2.05) is 24.3 Å². The number of rotatable bonds is 7. The van der Waals surface area contributed by atoms with Crippen molar-refractivity contribution in [2.75, 3.05) is 19.5 Å². The fraction of sp³-hybridized carbons (Fsp3) is 0.600. The van der Waals surface area contributed by atoms with Crippen molar-refractivity contribution in [3.63, 3.8) is 0 Å². The van der Waals surface area contributed by atoms with E-state index in [2.05, 4.69) is 0 Å². The number of methoxy groups -OCH3 is 1. The number of primary sulfonamides is 1. The van der Waals surface area contributed by atoms with Crippen molar-refractivity contribution in [2.24, 2.45) is 10.6 Å². The lowest BCUT2D eigenvalue weighted by molar-refractivity contribution is 0.0472. The Balaban J connectivity index is 1.90. The van der Waals surface area contributed by atoms with E-state index in [0.29, 0.717) is 13.2 Å². The van der Waals surface area contributed by atoms with E-state index in [-0.39, 0.29) is 11.2 Å². The molecule has 0 unspecified atom stereocenters. The Morgan fingerprint density at radius 1 is 1.19 bits per heavy atom. The average molecular weight is 313 g/mol. The number of sulfonamides is 1. The first-order valence-corrected chi connectivity index (χ1v) is 8.85. The van der Waals surface area contributed by atoms with Gasteiger partial charge in [0, 0.05) is 5.41 Å². The third kappa shape index (κ3) is 4.98. The molecule has 1 fully saturated rings. The zero-order valence-corrected chi connectivity index (χ0v) is 13.2. The second-order valence-electron chi connectivity index (χ2n) is 5.86. The Morgan fingerprint density at radius 2 is 1.81 bits per heavy atom. The molecule has 0 aromatic heterocycles. The highest BCUT2D eigenvalue weighted by atomic mass is 32.2. The van der Waals surface area contributed by atoms with Crippen LogP contribution >= 0.6 is 0 Å². The molecule has 1 aliphatic carbocycles. The normalized spacial score (nSPS) is 17.8. The third-order valence-electron chi connectivity index (χ3n) is 4.01. The van der Waals surface area contributed by atoms with E-state index < -0.39 is 10.0 Å². The van der Waals surface area contributed by atoms with Gasteiger partial charge < -0.3 is 9.47 Å². The van der Waals surface area contributed by atoms with Gasteiger partial charge in [0.1, 0.15) is 5.75 Å². The van der Waals surface area contributed by atoms with Crippen LogP contribution in [0.4, 0.5) is 0 Å². The molecule has 0 heterocycles. The Hall–Kier alpha value is -1.11. The van der Waals surface area contributed by atoms with Gasteiger partial charge in [-0.3, -0.25) is 0 Å². The first-order chi connectivity index (χ1) is 9.92. The summed E-state index contributed by atoms with van der Waals surface area (Å²) in [6.07, 6.45) is 3.82. The summed E-state index contributed by atoms with van der Waals surface area (Å²) in [6.45, 7) is 0.909. The highest BCUT2D eigenvalue weighted by Crippen LogP contribution is 2.39. The van der Waals surface area contributed by atoms with Gasteiger partial charge in [0.2, 0.25) is 10.0 Å². The van der Waals surface area contributed by atoms with Crippen molar-refractivity contribution in [1.29, 1.82) is 0 Å². The molecule has 0 spiro atoms. The van der Waals surface area contributed by atoms with Gasteiger partial charge in [-0.1, -0.05) is 25.0 Å². The molecule has 0 radical (unpaired) electrons. The van der Waals surface area contributed by atoms with Crippen LogP contribution in [0.1, 0.15) is 31.2 Å². The minimum Gasteiger partial charge on any atom is -0.497 e. The lowest BCUT2D eigenvalue weighted by Gasteiger charge is -2.27. The predicted molar refractivity (Wildman–Crippen MR) is 81.5 cm³/mol. The number of ether oxygens (including phenoxy) is 2. The molecule has 0 bridgehead atoms. The topological polar surface area (TPSA) is 78.6 Å². The molecular formula is C15H23NO4S. The van der Waals surface area contributed by atoms with Crippen LogP contribution in [0.5, 0.6) is 5.75 Å². The largest absolute Gasteiger partial charge is 0.497 e. The molecule has 118 valence electrons. The summed E-state index contributed by atoms with van der Waals surface area (Å²) in [5.41, 5.74) is 0.736. The smallest absolute Gasteiger partial charge is 0.209 e. The van der Waals surface area contributed by atoms with Crippen LogP contribution in [0.25, 0.3) is 0 Å². The molecule has 1 aromatic rings. The maximum Gasteiger partial charge on any atom is 0.209 e. The van der Waals surface area contributed by atoms with Gasteiger partial charge in [-0.25, -0.2) is 13.6 Å². The van der Waals surface area contributed by atoms with Gasteiger partial charge in [-0.15, -0.1) is 0 Å². The van der Waals surface area contributed by atoms with Crippen LogP contribution in [0.2, 0.25) is 0 Å². The van der Waals surface area contributed by atoms with Crippen molar-refractivity contribution in [3.8, 4) is 5.75 Å². The van der Waals surface area contributed by atoms with Crippen molar-refractivity contribution in [3.05, 3.63) is 29.8 Å². The summed E-state index contributed by atoms with van der Waals surface area (Å²) in [4.78, 5) is 0. The van der Waals surface area contributed by atoms with Gasteiger partial charge in [-0.2, -0.15) is 0 Å². The average Bonchev–Trinajstić information content (AvgIpc) is 2.86. The monoisotopic (exact) mass is 313 g/mol. The second-order valence-corrected chi connectivity index (χ2v) is 7.47. The predicted octanol–water partition coefficient (Wildman–Crippen LogP) is 2.06. The van der Waals surface area contributed by atoms with Gasteiger partial charge in [0.05, 0.1) is 26.1 Å². The SMILES string of the molecule is COc1ccc(COCC2(CS(N)(=O)=O)CCCC2)cc1. The highest BCUT2D eigenvalue weighted by molar-refractivity contribution is 7.89. The molecule has 0 amide bonds. The molecule has 2 N–H and O–H groups in total. The molecular weight excluding hydrogens is 290 g/mol. The van der Waals surface area contributed by atoms with E-state index in [1.165, 1.54) is 0 Å². The third-order valence-corrected chi connectivity index (χ3v) is 5.02. The van der Waals surface area contributed by atoms with Crippen LogP contribution < -0.4 is 9.88 Å². The van der Waals surface area contributed by atoms with E-state index >= 15 is 0 Å². The number of benzene rings is 1. The van der Waals surface area contributed by atoms with Gasteiger partial charge in [0.15, 0.2) is 0 Å². The zero-order valence-electron chi connectivity index (χ0n) is 12.4. The van der Waals surface area contributed by atoms with E-state index in [0.717, 1.165) is 37.0 Å². The summed E-state index contributed by atoms with van der Waals surface area (Å²) in [6, 6.07) is 7.66. The Morgan fingerprint density at radius 3 is 2.33 bits per heavy atom. The minimum absolute atomic E-state index is 0.0165. The van der Waals surface area contributed by atoms with E-state index in [1.54, 1.807) is 7.11 Å². The first kappa shape index (κ1) is 16.3. The molecule has 0 aliphatic heterocycles. The van der Waals surface area contributed by atoms with Crippen molar-refractivity contribution >= 4 is 10.0 Å². The highest BCUT2D eigenvalue weighted by Gasteiger charge is 2.37. The van der Waals surface area contributed by atoms with E-state index in [4.69, 9.17) is 14.6 Å². The van der Waals surface area contributed by atoms with Crippen molar-refractivity contribution in [1.82, 2.24) is 0 Å². The van der Waals surface area contributed by atoms with Crippen molar-refractivity contribution < 1.29 is 17.9 Å². The summed E-state index contributed by atoms with van der Waals surface area (Å²) < 4.78 is 33.7. The quantitative estimate of drug-likeness (QED) is 0.835. The van der Waals surface area contributed by atoms with Crippen LogP contribution in [-0.2, 0) is 21.4 Å². The summed E-state index contributed by atoms with van der Waals surface area (Å²) in [5.74, 6) is 0.822. The van der Waals surface area contributed by atoms with Crippen LogP contribution in [-0.4, -0.2) is 27.9 Å². The molecule has 0 saturated heterocycles. The standard InChI is InChI=1S/C15H23NO4S/c1-19-14-6-4-13(5-7-14)10-20-11-15(8-2-3-9-15)12-21(16,17)18/h4-7H,2-3,8-12H2,1H3,(H2,16,17,18). The second kappa shape index (κ2) is 6.77. The fourth-order valence-electron chi connectivity index (χ4n) is 2.99. The molecule has 6 heteroatoms. The molecule has 21 heavy (non-hydrogen) atoms. The van der Waals surface area contributed by atoms with Crippen molar-refractivity contribution in [2.45, 2.75) is 32.3 Å². The Kier molecular flexibility index (Phi) is 5.24. The number of hydrogen-bond donors (Lipinski definition) is 1. The minimum atomic E-state index is -3.47. The summed E-state index contributed by atoms with van der Waals surface area (Å²) in [7, 11) is -1.84. The molecule has 0 atom stereocenters. The fourth-order valence-corrected chi connectivity index (χ4v) is 4.21. The van der Waals surface area contributed by atoms with Crippen LogP contribution in [0.15, 0.2) is 24.3 Å². The van der Waals surface area contributed by atoms with Crippen LogP contribution in [0, 0.1) is 5.41 Å². The van der Waals surface area contributed by atoms with Gasteiger partial charge >= 0.3 is 0 Å². The first-order valence-electron chi connectivity index (χ1n) is 7.14. The van der Waals surface area contributed by atoms with Gasteiger partial charge in [0.25, 0.3) is 0 Å². The Bertz CT molecular complexity index is 548. The van der Waals surface area contributed by atoms with Gasteiger partial charge in [-0.05, 0) is 30.5 Å². The summed E-state index contributed by atoms with van der Waals surface area (Å²) >= 11 is 0. The molecule has 5 nitrogen and oxygen atoms in total. The van der Waals surface area contributed by atoms with E-state index in [9.17, 15) is 8.42 Å². The lowest BCUT2D eigenvalue weighted by atomic mass is 9.90. The molecule has 1 aliphatic rings. The molecule has 1 saturated carbocycles. The molecule has 2 rings (SSSR count). The lowest BCUT2D eigenvalue weighted by Crippen LogP contribution is -2.35. The summed E-state index contributed by atoms with van der Waals surface area (Å²) in [5, 5.41) is 5.22. The Labute approximate surface area is 126 Å².